The Kier molecular flexibility index (Phi) is 2.84. The Morgan fingerprint density at radius 1 is 1.80 bits per heavy atom. The molecule has 0 aromatic rings. The third-order valence-electron chi connectivity index (χ3n) is 0.884. The van der Waals surface area contributed by atoms with Gasteiger partial charge in [0.1, 0.15) is 12.1 Å². The second-order valence-corrected chi connectivity index (χ2v) is 2.40. The highest BCUT2D eigenvalue weighted by Crippen LogP contribution is 1.98. The molecule has 10 heavy (non-hydrogen) atoms. The van der Waals surface area contributed by atoms with Gasteiger partial charge in [-0.3, -0.25) is 4.79 Å². The molecule has 2 N–H and O–H groups in total. The van der Waals surface area contributed by atoms with E-state index in [0.29, 0.717) is 0 Å². The van der Waals surface area contributed by atoms with E-state index < -0.39 is 11.5 Å². The van der Waals surface area contributed by atoms with Gasteiger partial charge in [0.25, 0.3) is 5.91 Å². The minimum absolute atomic E-state index is 0.0666. The minimum Gasteiger partial charge on any atom is -0.381 e. The van der Waals surface area contributed by atoms with Crippen LogP contribution in [0.2, 0.25) is 0 Å². The molecule has 4 heteroatoms. The van der Waals surface area contributed by atoms with Crippen molar-refractivity contribution in [2.75, 3.05) is 6.54 Å². The average Bonchev–Trinajstić information content (AvgIpc) is 1.80. The molecular formula is C6H10N2O2. The number of hydrogen-bond donors (Lipinski definition) is 2. The van der Waals surface area contributed by atoms with E-state index in [0.717, 1.165) is 0 Å². The summed E-state index contributed by atoms with van der Waals surface area (Å²) in [6, 6.07) is 1.73. The molecule has 0 heterocycles. The molecule has 0 saturated carbocycles. The molecule has 0 radical (unpaired) electrons. The van der Waals surface area contributed by atoms with E-state index in [1.54, 1.807) is 6.07 Å². The summed E-state index contributed by atoms with van der Waals surface area (Å²) < 4.78 is 0. The first-order valence-corrected chi connectivity index (χ1v) is 2.86. The minimum atomic E-state index is -1.39. The van der Waals surface area contributed by atoms with Crippen LogP contribution in [0.1, 0.15) is 13.8 Å². The van der Waals surface area contributed by atoms with E-state index in [-0.39, 0.29) is 6.54 Å². The molecule has 0 spiro atoms. The van der Waals surface area contributed by atoms with E-state index in [9.17, 15) is 4.79 Å². The fourth-order valence-corrected chi connectivity index (χ4v) is 0.336. The zero-order valence-electron chi connectivity index (χ0n) is 6.01. The van der Waals surface area contributed by atoms with Crippen molar-refractivity contribution in [3.8, 4) is 6.07 Å². The molecule has 56 valence electrons. The summed E-state index contributed by atoms with van der Waals surface area (Å²) in [5.74, 6) is -0.533. The molecule has 0 aliphatic carbocycles. The van der Waals surface area contributed by atoms with Gasteiger partial charge < -0.3 is 10.4 Å². The lowest BCUT2D eigenvalue weighted by Gasteiger charge is -2.14. The van der Waals surface area contributed by atoms with Crippen LogP contribution in [0.15, 0.2) is 0 Å². The van der Waals surface area contributed by atoms with Crippen LogP contribution in [-0.2, 0) is 4.79 Å². The van der Waals surface area contributed by atoms with Gasteiger partial charge in [0, 0.05) is 0 Å². The molecule has 0 fully saturated rings. The number of aliphatic hydroxyl groups is 1. The van der Waals surface area contributed by atoms with Crippen molar-refractivity contribution in [3.05, 3.63) is 0 Å². The van der Waals surface area contributed by atoms with Crippen molar-refractivity contribution in [3.63, 3.8) is 0 Å². The average molecular weight is 142 g/mol. The Bertz CT molecular complexity index is 164. The van der Waals surface area contributed by atoms with Crippen molar-refractivity contribution >= 4 is 5.91 Å². The van der Waals surface area contributed by atoms with Crippen LogP contribution in [0, 0.1) is 11.3 Å². The maximum absolute atomic E-state index is 10.7. The van der Waals surface area contributed by atoms with Crippen LogP contribution in [-0.4, -0.2) is 23.2 Å². The zero-order valence-corrected chi connectivity index (χ0v) is 6.01. The number of nitrogens with zero attached hydrogens (tertiary/aromatic N) is 1. The third kappa shape index (κ3) is 3.05. The second kappa shape index (κ2) is 3.18. The summed E-state index contributed by atoms with van der Waals surface area (Å²) in [4.78, 5) is 10.7. The van der Waals surface area contributed by atoms with E-state index in [4.69, 9.17) is 10.4 Å². The van der Waals surface area contributed by atoms with Crippen LogP contribution in [0.3, 0.4) is 0 Å². The summed E-state index contributed by atoms with van der Waals surface area (Å²) in [6.45, 7) is 2.65. The lowest BCUT2D eigenvalue weighted by molar-refractivity contribution is -0.136. The van der Waals surface area contributed by atoms with Gasteiger partial charge >= 0.3 is 0 Å². The SMILES string of the molecule is CC(C)(O)C(=O)NCC#N. The van der Waals surface area contributed by atoms with Crippen molar-refractivity contribution in [1.29, 1.82) is 5.26 Å². The van der Waals surface area contributed by atoms with Crippen molar-refractivity contribution in [1.82, 2.24) is 5.32 Å². The highest BCUT2D eigenvalue weighted by molar-refractivity contribution is 5.83. The number of rotatable bonds is 2. The number of nitriles is 1. The van der Waals surface area contributed by atoms with Gasteiger partial charge in [-0.15, -0.1) is 0 Å². The maximum atomic E-state index is 10.7. The van der Waals surface area contributed by atoms with Crippen LogP contribution in [0.25, 0.3) is 0 Å². The normalized spacial score (nSPS) is 10.2. The summed E-state index contributed by atoms with van der Waals surface area (Å²) in [7, 11) is 0. The van der Waals surface area contributed by atoms with Gasteiger partial charge in [-0.25, -0.2) is 0 Å². The van der Waals surface area contributed by atoms with Gasteiger partial charge in [-0.2, -0.15) is 5.26 Å². The number of carbonyl (C=O) groups is 1. The molecule has 0 unspecified atom stereocenters. The predicted octanol–water partition coefficient (Wildman–Crippen LogP) is -0.603. The Balaban J connectivity index is 3.78. The Morgan fingerprint density at radius 3 is 2.60 bits per heavy atom. The molecule has 1 amide bonds. The molecule has 0 bridgehead atoms. The quantitative estimate of drug-likeness (QED) is 0.505. The molecule has 0 aromatic heterocycles. The lowest BCUT2D eigenvalue weighted by atomic mass is 10.1. The topological polar surface area (TPSA) is 73.1 Å². The van der Waals surface area contributed by atoms with Crippen LogP contribution >= 0.6 is 0 Å². The summed E-state index contributed by atoms with van der Waals surface area (Å²) in [5, 5.41) is 19.2. The third-order valence-corrected chi connectivity index (χ3v) is 0.884. The van der Waals surface area contributed by atoms with Gasteiger partial charge in [0.05, 0.1) is 6.07 Å². The van der Waals surface area contributed by atoms with Crippen LogP contribution < -0.4 is 5.32 Å². The molecule has 0 aliphatic heterocycles. The first-order chi connectivity index (χ1) is 4.48. The van der Waals surface area contributed by atoms with E-state index in [1.807, 2.05) is 0 Å². The maximum Gasteiger partial charge on any atom is 0.252 e. The first kappa shape index (κ1) is 8.92. The van der Waals surface area contributed by atoms with Gasteiger partial charge in [0.15, 0.2) is 0 Å². The molecule has 0 rings (SSSR count). The number of amides is 1. The monoisotopic (exact) mass is 142 g/mol. The van der Waals surface area contributed by atoms with Gasteiger partial charge in [0.2, 0.25) is 0 Å². The fourth-order valence-electron chi connectivity index (χ4n) is 0.336. The van der Waals surface area contributed by atoms with E-state index in [2.05, 4.69) is 5.32 Å². The first-order valence-electron chi connectivity index (χ1n) is 2.86. The van der Waals surface area contributed by atoms with Gasteiger partial charge in [-0.1, -0.05) is 0 Å². The summed E-state index contributed by atoms with van der Waals surface area (Å²) in [5.41, 5.74) is -1.39. The predicted molar refractivity (Wildman–Crippen MR) is 34.9 cm³/mol. The van der Waals surface area contributed by atoms with E-state index >= 15 is 0 Å². The number of carbonyl (C=O) groups excluding carboxylic acids is 1. The molecule has 0 aromatic carbocycles. The van der Waals surface area contributed by atoms with Crippen molar-refractivity contribution in [2.45, 2.75) is 19.4 Å². The van der Waals surface area contributed by atoms with Crippen LogP contribution in [0.5, 0.6) is 0 Å². The molecule has 4 nitrogen and oxygen atoms in total. The van der Waals surface area contributed by atoms with Crippen molar-refractivity contribution in [2.24, 2.45) is 0 Å². The molecule has 0 aliphatic rings. The Morgan fingerprint density at radius 2 is 2.30 bits per heavy atom. The molecular weight excluding hydrogens is 132 g/mol. The summed E-state index contributed by atoms with van der Waals surface area (Å²) in [6.07, 6.45) is 0. The fraction of sp³-hybridized carbons (Fsp3) is 0.667. The van der Waals surface area contributed by atoms with Crippen LogP contribution in [0.4, 0.5) is 0 Å². The molecule has 0 atom stereocenters. The smallest absolute Gasteiger partial charge is 0.252 e. The standard InChI is InChI=1S/C6H10N2O2/c1-6(2,10)5(9)8-4-3-7/h10H,4H2,1-2H3,(H,8,9). The van der Waals surface area contributed by atoms with Crippen molar-refractivity contribution < 1.29 is 9.90 Å². The second-order valence-electron chi connectivity index (χ2n) is 2.40. The largest absolute Gasteiger partial charge is 0.381 e. The van der Waals surface area contributed by atoms with Gasteiger partial charge in [-0.05, 0) is 13.8 Å². The highest BCUT2D eigenvalue weighted by atomic mass is 16.3. The Hall–Kier alpha value is -1.08. The zero-order chi connectivity index (χ0) is 8.20. The van der Waals surface area contributed by atoms with E-state index in [1.165, 1.54) is 13.8 Å². The summed E-state index contributed by atoms with van der Waals surface area (Å²) >= 11 is 0. The highest BCUT2D eigenvalue weighted by Gasteiger charge is 2.22. The molecule has 0 saturated heterocycles. The number of hydrogen-bond acceptors (Lipinski definition) is 3. The number of nitrogens with one attached hydrogen (secondary N) is 1. The Labute approximate surface area is 59.5 Å². The lowest BCUT2D eigenvalue weighted by Crippen LogP contribution is -2.41.